The zero-order valence-corrected chi connectivity index (χ0v) is 14.4. The van der Waals surface area contributed by atoms with Gasteiger partial charge in [-0.1, -0.05) is 12.7 Å². The average molecular weight is 409 g/mol. The highest BCUT2D eigenvalue weighted by molar-refractivity contribution is 5.92. The van der Waals surface area contributed by atoms with Crippen LogP contribution in [-0.2, 0) is 19.1 Å². The van der Waals surface area contributed by atoms with E-state index in [0.29, 0.717) is 0 Å². The normalized spacial score (nSPS) is 14.9. The lowest BCUT2D eigenvalue weighted by atomic mass is 10.1. The number of halogens is 7. The minimum absolute atomic E-state index is 0.137. The maximum absolute atomic E-state index is 13.5. The summed E-state index contributed by atoms with van der Waals surface area (Å²) >= 11 is 0. The zero-order valence-electron chi connectivity index (χ0n) is 14.4. The molecule has 0 aromatic rings. The third-order valence-electron chi connectivity index (χ3n) is 3.03. The van der Waals surface area contributed by atoms with Crippen LogP contribution in [0, 0.1) is 0 Å². The topological polar surface area (TPSA) is 64.6 Å². The Balaban J connectivity index is 5.79. The molecule has 0 aromatic carbocycles. The first-order valence-electron chi connectivity index (χ1n) is 7.26. The summed E-state index contributed by atoms with van der Waals surface area (Å²) in [7, 11) is 0. The highest BCUT2D eigenvalue weighted by atomic mass is 19.4. The molecule has 0 saturated heterocycles. The molecular formula is C15H18F7NO4. The third kappa shape index (κ3) is 6.22. The fourth-order valence-electron chi connectivity index (χ4n) is 1.45. The second kappa shape index (κ2) is 8.72. The van der Waals surface area contributed by atoms with Crippen LogP contribution in [0.1, 0.15) is 20.3 Å². The van der Waals surface area contributed by atoms with E-state index >= 15 is 0 Å². The first kappa shape index (κ1) is 24.9. The lowest BCUT2D eigenvalue weighted by Gasteiger charge is -2.33. The standard InChI is InChI=1S/C15H18F7NO4/c1-5-7-23-11(25)14(15(20,21)22,27-10(24)9(2)3)26-8-6-13(18,19)12(4,16)17/h5H,1-2,6-8H2,3-4H3,(H,23,25). The Morgan fingerprint density at radius 1 is 1.11 bits per heavy atom. The van der Waals surface area contributed by atoms with E-state index in [1.165, 1.54) is 0 Å². The van der Waals surface area contributed by atoms with E-state index in [0.717, 1.165) is 13.0 Å². The molecule has 0 saturated carbocycles. The minimum atomic E-state index is -5.73. The van der Waals surface area contributed by atoms with Crippen molar-refractivity contribution in [2.24, 2.45) is 0 Å². The Labute approximate surface area is 150 Å². The number of rotatable bonds is 10. The number of alkyl halides is 7. The first-order valence-corrected chi connectivity index (χ1v) is 7.26. The van der Waals surface area contributed by atoms with E-state index < -0.39 is 60.8 Å². The van der Waals surface area contributed by atoms with Crippen molar-refractivity contribution in [2.75, 3.05) is 13.2 Å². The van der Waals surface area contributed by atoms with Gasteiger partial charge in [0.1, 0.15) is 0 Å². The van der Waals surface area contributed by atoms with Crippen molar-refractivity contribution < 1.29 is 49.8 Å². The molecule has 0 aliphatic heterocycles. The van der Waals surface area contributed by atoms with Gasteiger partial charge >= 0.3 is 35.7 Å². The molecule has 1 unspecified atom stereocenters. The molecule has 0 fully saturated rings. The van der Waals surface area contributed by atoms with Crippen LogP contribution in [0.25, 0.3) is 0 Å². The van der Waals surface area contributed by atoms with Crippen molar-refractivity contribution in [3.05, 3.63) is 24.8 Å². The number of nitrogens with one attached hydrogen (secondary N) is 1. The Hall–Kier alpha value is -2.11. The molecule has 1 N–H and O–H groups in total. The second-order valence-corrected chi connectivity index (χ2v) is 5.47. The van der Waals surface area contributed by atoms with E-state index in [-0.39, 0.29) is 6.92 Å². The molecule has 0 spiro atoms. The monoisotopic (exact) mass is 409 g/mol. The molecular weight excluding hydrogens is 391 g/mol. The van der Waals surface area contributed by atoms with Gasteiger partial charge in [0.05, 0.1) is 6.61 Å². The summed E-state index contributed by atoms with van der Waals surface area (Å²) in [5.74, 6) is -17.4. The Bertz CT molecular complexity index is 584. The zero-order chi connectivity index (χ0) is 21.7. The lowest BCUT2D eigenvalue weighted by Crippen LogP contribution is -2.62. The van der Waals surface area contributed by atoms with Crippen LogP contribution in [0.3, 0.4) is 0 Å². The number of esters is 1. The molecule has 5 nitrogen and oxygen atoms in total. The average Bonchev–Trinajstić information content (AvgIpc) is 2.48. The number of ether oxygens (including phenoxy) is 2. The molecule has 0 rings (SSSR count). The predicted molar refractivity (Wildman–Crippen MR) is 79.0 cm³/mol. The summed E-state index contributed by atoms with van der Waals surface area (Å²) in [6, 6.07) is 0. The number of carbonyl (C=O) groups is 2. The molecule has 0 aliphatic rings. The summed E-state index contributed by atoms with van der Waals surface area (Å²) in [6.45, 7) is 4.80. The molecule has 0 bridgehead atoms. The van der Waals surface area contributed by atoms with Crippen LogP contribution in [0.5, 0.6) is 0 Å². The van der Waals surface area contributed by atoms with Gasteiger partial charge in [-0.05, 0) is 6.92 Å². The van der Waals surface area contributed by atoms with Gasteiger partial charge in [0.2, 0.25) is 0 Å². The minimum Gasteiger partial charge on any atom is -0.412 e. The van der Waals surface area contributed by atoms with Gasteiger partial charge in [-0.2, -0.15) is 22.0 Å². The van der Waals surface area contributed by atoms with E-state index in [9.17, 15) is 40.3 Å². The highest BCUT2D eigenvalue weighted by Gasteiger charge is 2.66. The van der Waals surface area contributed by atoms with Crippen LogP contribution in [0.15, 0.2) is 24.8 Å². The van der Waals surface area contributed by atoms with E-state index in [1.54, 1.807) is 5.32 Å². The Kier molecular flexibility index (Phi) is 8.04. The number of hydrogen-bond acceptors (Lipinski definition) is 4. The molecule has 0 heterocycles. The van der Waals surface area contributed by atoms with E-state index in [1.807, 2.05) is 0 Å². The van der Waals surface area contributed by atoms with Crippen molar-refractivity contribution in [2.45, 2.75) is 44.1 Å². The van der Waals surface area contributed by atoms with Gasteiger partial charge in [0.25, 0.3) is 0 Å². The summed E-state index contributed by atoms with van der Waals surface area (Å²) in [5, 5.41) is 1.66. The number of hydrogen-bond donors (Lipinski definition) is 1. The van der Waals surface area contributed by atoms with Crippen LogP contribution in [0.4, 0.5) is 30.7 Å². The van der Waals surface area contributed by atoms with Crippen LogP contribution in [0.2, 0.25) is 0 Å². The molecule has 156 valence electrons. The van der Waals surface area contributed by atoms with Crippen LogP contribution < -0.4 is 5.32 Å². The molecule has 12 heteroatoms. The number of carbonyl (C=O) groups excluding carboxylic acids is 2. The summed E-state index contributed by atoms with van der Waals surface area (Å²) < 4.78 is 101. The molecule has 0 radical (unpaired) electrons. The third-order valence-corrected chi connectivity index (χ3v) is 3.03. The highest BCUT2D eigenvalue weighted by Crippen LogP contribution is 2.39. The SMILES string of the molecule is C=CCNC(=O)C(OCCC(F)(F)C(C)(F)F)(OC(=O)C(=C)C)C(F)(F)F. The molecule has 1 atom stereocenters. The van der Waals surface area contributed by atoms with Crippen LogP contribution >= 0.6 is 0 Å². The maximum atomic E-state index is 13.5. The van der Waals surface area contributed by atoms with Crippen LogP contribution in [-0.4, -0.2) is 48.8 Å². The van der Waals surface area contributed by atoms with Crippen molar-refractivity contribution in [1.29, 1.82) is 0 Å². The number of amides is 1. The first-order chi connectivity index (χ1) is 12.0. The molecule has 1 amide bonds. The molecule has 0 aliphatic carbocycles. The Morgan fingerprint density at radius 2 is 1.63 bits per heavy atom. The van der Waals surface area contributed by atoms with Gasteiger partial charge in [-0.25, -0.2) is 13.6 Å². The largest absolute Gasteiger partial charge is 0.466 e. The fourth-order valence-corrected chi connectivity index (χ4v) is 1.45. The van der Waals surface area contributed by atoms with Crippen molar-refractivity contribution >= 4 is 11.9 Å². The lowest BCUT2D eigenvalue weighted by molar-refractivity contribution is -0.350. The van der Waals surface area contributed by atoms with Crippen molar-refractivity contribution in [3.63, 3.8) is 0 Å². The molecule has 27 heavy (non-hydrogen) atoms. The smallest absolute Gasteiger partial charge is 0.412 e. The van der Waals surface area contributed by atoms with Gasteiger partial charge in [-0.15, -0.1) is 6.58 Å². The fraction of sp³-hybridized carbons (Fsp3) is 0.600. The van der Waals surface area contributed by atoms with E-state index in [2.05, 4.69) is 22.6 Å². The Morgan fingerprint density at radius 3 is 2.00 bits per heavy atom. The molecule has 0 aromatic heterocycles. The van der Waals surface area contributed by atoms with Gasteiger partial charge in [0, 0.05) is 25.5 Å². The summed E-state index contributed by atoms with van der Waals surface area (Å²) in [6.07, 6.45) is -6.63. The predicted octanol–water partition coefficient (Wildman–Crippen LogP) is 3.36. The van der Waals surface area contributed by atoms with Gasteiger partial charge in [0.15, 0.2) is 0 Å². The second-order valence-electron chi connectivity index (χ2n) is 5.47. The maximum Gasteiger partial charge on any atom is 0.466 e. The summed E-state index contributed by atoms with van der Waals surface area (Å²) in [5.41, 5.74) is -0.561. The van der Waals surface area contributed by atoms with Gasteiger partial charge < -0.3 is 14.8 Å². The van der Waals surface area contributed by atoms with E-state index in [4.69, 9.17) is 0 Å². The summed E-state index contributed by atoms with van der Waals surface area (Å²) in [4.78, 5) is 23.5. The van der Waals surface area contributed by atoms with Crippen molar-refractivity contribution in [1.82, 2.24) is 5.32 Å². The van der Waals surface area contributed by atoms with Crippen molar-refractivity contribution in [3.8, 4) is 0 Å². The van der Waals surface area contributed by atoms with Gasteiger partial charge in [-0.3, -0.25) is 4.79 Å². The quantitative estimate of drug-likeness (QED) is 0.198.